The molecule has 1 N–H and O–H groups in total. The van der Waals surface area contributed by atoms with Gasteiger partial charge < -0.3 is 14.6 Å². The van der Waals surface area contributed by atoms with E-state index in [1.165, 1.54) is 96.3 Å². The Morgan fingerprint density at radius 3 is 1.78 bits per heavy atom. The van der Waals surface area contributed by atoms with Crippen LogP contribution in [0.25, 0.3) is 0 Å². The van der Waals surface area contributed by atoms with Crippen molar-refractivity contribution in [2.24, 2.45) is 0 Å². The van der Waals surface area contributed by atoms with Crippen LogP contribution in [0.15, 0.2) is 24.3 Å². The molecule has 1 aromatic carbocycles. The van der Waals surface area contributed by atoms with Crippen LogP contribution in [-0.4, -0.2) is 31.0 Å². The Bertz CT molecular complexity index is 584. The second kappa shape index (κ2) is 21.3. The topological polar surface area (TPSA) is 62.5 Å². The van der Waals surface area contributed by atoms with E-state index in [0.717, 1.165) is 6.42 Å². The molecule has 0 aliphatic heterocycles. The van der Waals surface area contributed by atoms with Crippen molar-refractivity contribution in [2.75, 3.05) is 19.8 Å². The Kier molecular flexibility index (Phi) is 18.9. The summed E-state index contributed by atoms with van der Waals surface area (Å²) in [7, 11) is 0. The van der Waals surface area contributed by atoms with Crippen molar-refractivity contribution in [3.63, 3.8) is 0 Å². The van der Waals surface area contributed by atoms with Gasteiger partial charge >= 0.3 is 0 Å². The summed E-state index contributed by atoms with van der Waals surface area (Å²) in [5.74, 6) is 0.500. The number of nitriles is 1. The average molecular weight is 446 g/mol. The lowest BCUT2D eigenvalue weighted by Gasteiger charge is -2.17. The fraction of sp³-hybridized carbons (Fsp3) is 0.750. The van der Waals surface area contributed by atoms with Crippen molar-refractivity contribution >= 4 is 0 Å². The van der Waals surface area contributed by atoms with Crippen LogP contribution in [0.2, 0.25) is 0 Å². The second-order valence-electron chi connectivity index (χ2n) is 8.91. The first-order valence-electron chi connectivity index (χ1n) is 13.2. The SMILES string of the molecule is CCCCCCCCCCCCCCCCCCOCC(CO)Oc1ccccc1C#N. The number of para-hydroxylation sites is 1. The number of hydrogen-bond acceptors (Lipinski definition) is 4. The molecule has 0 aliphatic rings. The molecule has 182 valence electrons. The average Bonchev–Trinajstić information content (AvgIpc) is 2.82. The van der Waals surface area contributed by atoms with Crippen LogP contribution in [0.4, 0.5) is 0 Å². The number of ether oxygens (including phenoxy) is 2. The van der Waals surface area contributed by atoms with E-state index in [1.54, 1.807) is 18.2 Å². The molecule has 1 rings (SSSR count). The predicted molar refractivity (Wildman–Crippen MR) is 133 cm³/mol. The highest BCUT2D eigenvalue weighted by Crippen LogP contribution is 2.18. The number of unbranched alkanes of at least 4 members (excludes halogenated alkanes) is 15. The molecule has 0 bridgehead atoms. The highest BCUT2D eigenvalue weighted by Gasteiger charge is 2.12. The van der Waals surface area contributed by atoms with Gasteiger partial charge in [-0.15, -0.1) is 0 Å². The van der Waals surface area contributed by atoms with E-state index in [-0.39, 0.29) is 6.61 Å². The van der Waals surface area contributed by atoms with Gasteiger partial charge in [0.05, 0.1) is 18.8 Å². The van der Waals surface area contributed by atoms with Crippen LogP contribution >= 0.6 is 0 Å². The molecular weight excluding hydrogens is 398 g/mol. The zero-order valence-corrected chi connectivity index (χ0v) is 20.5. The molecule has 1 atom stereocenters. The lowest BCUT2D eigenvalue weighted by molar-refractivity contribution is 0.0187. The standard InChI is InChI=1S/C28H47NO3/c1-2-3-4-5-6-7-8-9-10-11-12-13-14-15-16-19-22-31-25-27(24-30)32-28-21-18-17-20-26(28)23-29/h17-18,20-21,27,30H,2-16,19,22,24-25H2,1H3. The third kappa shape index (κ3) is 15.3. The van der Waals surface area contributed by atoms with Crippen LogP contribution in [0.1, 0.15) is 115 Å². The molecule has 0 heterocycles. The lowest BCUT2D eigenvalue weighted by Crippen LogP contribution is -2.27. The molecule has 0 amide bonds. The van der Waals surface area contributed by atoms with Crippen LogP contribution < -0.4 is 4.74 Å². The lowest BCUT2D eigenvalue weighted by atomic mass is 10.0. The maximum atomic E-state index is 9.51. The fourth-order valence-electron chi connectivity index (χ4n) is 3.93. The Balaban J connectivity index is 1.87. The number of aliphatic hydroxyl groups excluding tert-OH is 1. The predicted octanol–water partition coefficient (Wildman–Crippen LogP) is 7.58. The number of benzene rings is 1. The molecule has 0 saturated heterocycles. The smallest absolute Gasteiger partial charge is 0.145 e. The van der Waals surface area contributed by atoms with Gasteiger partial charge in [-0.3, -0.25) is 0 Å². The molecule has 0 saturated carbocycles. The Hall–Kier alpha value is -1.57. The minimum Gasteiger partial charge on any atom is -0.484 e. The second-order valence-corrected chi connectivity index (χ2v) is 8.91. The molecule has 0 radical (unpaired) electrons. The molecule has 32 heavy (non-hydrogen) atoms. The highest BCUT2D eigenvalue weighted by atomic mass is 16.5. The van der Waals surface area contributed by atoms with E-state index in [9.17, 15) is 5.11 Å². The van der Waals surface area contributed by atoms with E-state index >= 15 is 0 Å². The molecule has 0 fully saturated rings. The number of nitrogens with zero attached hydrogens (tertiary/aromatic N) is 1. The van der Waals surface area contributed by atoms with Crippen LogP contribution in [-0.2, 0) is 4.74 Å². The van der Waals surface area contributed by atoms with E-state index in [2.05, 4.69) is 13.0 Å². The number of hydrogen-bond donors (Lipinski definition) is 1. The maximum absolute atomic E-state index is 9.51. The van der Waals surface area contributed by atoms with Gasteiger partial charge in [0.1, 0.15) is 17.9 Å². The minimum atomic E-state index is -0.439. The summed E-state index contributed by atoms with van der Waals surface area (Å²) >= 11 is 0. The van der Waals surface area contributed by atoms with Gasteiger partial charge in [0.25, 0.3) is 0 Å². The van der Waals surface area contributed by atoms with Gasteiger partial charge in [0.15, 0.2) is 0 Å². The normalized spacial score (nSPS) is 11.9. The maximum Gasteiger partial charge on any atom is 0.145 e. The van der Waals surface area contributed by atoms with E-state index in [0.29, 0.717) is 24.5 Å². The van der Waals surface area contributed by atoms with Crippen molar-refractivity contribution < 1.29 is 14.6 Å². The van der Waals surface area contributed by atoms with Crippen molar-refractivity contribution in [1.82, 2.24) is 0 Å². The fourth-order valence-corrected chi connectivity index (χ4v) is 3.93. The summed E-state index contributed by atoms with van der Waals surface area (Å²) in [4.78, 5) is 0. The number of rotatable bonds is 22. The first-order chi connectivity index (χ1) is 15.8. The molecule has 0 aromatic heterocycles. The van der Waals surface area contributed by atoms with Crippen LogP contribution in [0.3, 0.4) is 0 Å². The molecule has 0 spiro atoms. The third-order valence-corrected chi connectivity index (χ3v) is 5.95. The molecular formula is C28H47NO3. The zero-order chi connectivity index (χ0) is 23.1. The van der Waals surface area contributed by atoms with Gasteiger partial charge in [-0.1, -0.05) is 115 Å². The summed E-state index contributed by atoms with van der Waals surface area (Å²) in [5, 5.41) is 18.6. The van der Waals surface area contributed by atoms with Crippen LogP contribution in [0.5, 0.6) is 5.75 Å². The quantitative estimate of drug-likeness (QED) is 0.187. The van der Waals surface area contributed by atoms with Gasteiger partial charge in [0.2, 0.25) is 0 Å². The Labute approximate surface area is 197 Å². The number of aliphatic hydroxyl groups is 1. The minimum absolute atomic E-state index is 0.126. The first-order valence-corrected chi connectivity index (χ1v) is 13.2. The summed E-state index contributed by atoms with van der Waals surface area (Å²) in [6.07, 6.45) is 21.3. The molecule has 1 unspecified atom stereocenters. The van der Waals surface area contributed by atoms with Gasteiger partial charge in [-0.2, -0.15) is 5.26 Å². The third-order valence-electron chi connectivity index (χ3n) is 5.95. The van der Waals surface area contributed by atoms with Crippen molar-refractivity contribution in [1.29, 1.82) is 5.26 Å². The van der Waals surface area contributed by atoms with E-state index in [1.807, 2.05) is 6.07 Å². The molecule has 0 aliphatic carbocycles. The van der Waals surface area contributed by atoms with Crippen molar-refractivity contribution in [2.45, 2.75) is 116 Å². The van der Waals surface area contributed by atoms with Crippen molar-refractivity contribution in [3.8, 4) is 11.8 Å². The first kappa shape index (κ1) is 28.5. The largest absolute Gasteiger partial charge is 0.484 e. The summed E-state index contributed by atoms with van der Waals surface area (Å²) in [6.45, 7) is 3.19. The van der Waals surface area contributed by atoms with Crippen LogP contribution in [0, 0.1) is 11.3 Å². The molecule has 1 aromatic rings. The zero-order valence-electron chi connectivity index (χ0n) is 20.5. The van der Waals surface area contributed by atoms with Gasteiger partial charge in [0, 0.05) is 6.61 Å². The summed E-state index contributed by atoms with van der Waals surface area (Å²) < 4.78 is 11.4. The summed E-state index contributed by atoms with van der Waals surface area (Å²) in [5.41, 5.74) is 0.476. The monoisotopic (exact) mass is 445 g/mol. The summed E-state index contributed by atoms with van der Waals surface area (Å²) in [6, 6.07) is 9.18. The highest BCUT2D eigenvalue weighted by molar-refractivity contribution is 5.42. The van der Waals surface area contributed by atoms with E-state index < -0.39 is 6.10 Å². The molecule has 4 nitrogen and oxygen atoms in total. The van der Waals surface area contributed by atoms with Gasteiger partial charge in [-0.25, -0.2) is 0 Å². The van der Waals surface area contributed by atoms with Crippen molar-refractivity contribution in [3.05, 3.63) is 29.8 Å². The molecule has 4 heteroatoms. The Morgan fingerprint density at radius 1 is 0.781 bits per heavy atom. The Morgan fingerprint density at radius 2 is 1.28 bits per heavy atom. The van der Waals surface area contributed by atoms with Gasteiger partial charge in [-0.05, 0) is 18.6 Å². The van der Waals surface area contributed by atoms with E-state index in [4.69, 9.17) is 14.7 Å².